The van der Waals surface area contributed by atoms with Gasteiger partial charge in [0.25, 0.3) is 5.69 Å². The number of hydrogen-bond donors (Lipinski definition) is 1. The van der Waals surface area contributed by atoms with Gasteiger partial charge in [0.15, 0.2) is 5.66 Å². The van der Waals surface area contributed by atoms with Crippen molar-refractivity contribution in [2.45, 2.75) is 51.5 Å². The van der Waals surface area contributed by atoms with Crippen molar-refractivity contribution in [3.05, 3.63) is 52.0 Å². The van der Waals surface area contributed by atoms with E-state index in [1.807, 2.05) is 19.2 Å². The van der Waals surface area contributed by atoms with Crippen molar-refractivity contribution >= 4 is 22.8 Å². The molecular weight excluding hydrogens is 408 g/mol. The molecule has 0 saturated carbocycles. The minimum Gasteiger partial charge on any atom is -0.373 e. The fraction of sp³-hybridized carbons (Fsp3) is 0.522. The lowest BCUT2D eigenvalue weighted by Crippen LogP contribution is -2.45. The standard InChI is InChI=1S/C23H30N6O3/c1-4-26-23(20-9-21-19(12-24-15-25-21)8-22(20)29(30)31)10-18(11-27-23)6-5-7-28-13-16(2)32-17(3)14-28/h8-12,15-17,26H,4-7,13-14H2,1-3H3. The molecule has 1 saturated heterocycles. The molecule has 2 aromatic rings. The van der Waals surface area contributed by atoms with Gasteiger partial charge in [-0.15, -0.1) is 0 Å². The molecule has 1 fully saturated rings. The molecule has 4 rings (SSSR count). The van der Waals surface area contributed by atoms with E-state index in [2.05, 4.69) is 34.0 Å². The van der Waals surface area contributed by atoms with Gasteiger partial charge < -0.3 is 4.74 Å². The molecule has 1 aromatic carbocycles. The Kier molecular flexibility index (Phi) is 6.59. The first-order chi connectivity index (χ1) is 15.4. The molecule has 0 bridgehead atoms. The van der Waals surface area contributed by atoms with E-state index in [1.54, 1.807) is 12.3 Å². The van der Waals surface area contributed by atoms with Crippen LogP contribution in [0.5, 0.6) is 0 Å². The SMILES string of the molecule is CCNC1(c2cc3ncncc3cc2[N+](=O)[O-])C=C(CCCN2CC(C)OC(C)C2)C=N1. The number of benzene rings is 1. The van der Waals surface area contributed by atoms with Gasteiger partial charge in [-0.2, -0.15) is 0 Å². The maximum atomic E-state index is 11.9. The van der Waals surface area contributed by atoms with Crippen molar-refractivity contribution in [3.8, 4) is 0 Å². The summed E-state index contributed by atoms with van der Waals surface area (Å²) in [4.78, 5) is 27.0. The van der Waals surface area contributed by atoms with Gasteiger partial charge in [-0.3, -0.25) is 25.3 Å². The first-order valence-corrected chi connectivity index (χ1v) is 11.2. The number of likely N-dealkylation sites (N-methyl/N-ethyl adjacent to an activating group) is 1. The van der Waals surface area contributed by atoms with Gasteiger partial charge in [0.05, 0.1) is 28.2 Å². The molecule has 3 unspecified atom stereocenters. The van der Waals surface area contributed by atoms with Crippen molar-refractivity contribution in [1.82, 2.24) is 20.2 Å². The largest absolute Gasteiger partial charge is 0.373 e. The molecule has 9 nitrogen and oxygen atoms in total. The normalized spacial score (nSPS) is 25.9. The molecule has 170 valence electrons. The zero-order valence-corrected chi connectivity index (χ0v) is 18.8. The van der Waals surface area contributed by atoms with E-state index in [0.29, 0.717) is 23.0 Å². The third kappa shape index (κ3) is 4.69. The summed E-state index contributed by atoms with van der Waals surface area (Å²) in [6.07, 6.45) is 9.27. The van der Waals surface area contributed by atoms with Gasteiger partial charge in [0.1, 0.15) is 6.33 Å². The predicted molar refractivity (Wildman–Crippen MR) is 124 cm³/mol. The van der Waals surface area contributed by atoms with Crippen molar-refractivity contribution in [2.75, 3.05) is 26.2 Å². The lowest BCUT2D eigenvalue weighted by Gasteiger charge is -2.35. The molecule has 3 atom stereocenters. The number of morpholine rings is 1. The summed E-state index contributed by atoms with van der Waals surface area (Å²) in [6.45, 7) is 9.70. The van der Waals surface area contributed by atoms with Gasteiger partial charge in [0.2, 0.25) is 0 Å². The third-order valence-corrected chi connectivity index (χ3v) is 5.94. The highest BCUT2D eigenvalue weighted by atomic mass is 16.6. The molecule has 0 aliphatic carbocycles. The summed E-state index contributed by atoms with van der Waals surface area (Å²) in [5.74, 6) is 0. The molecule has 2 aliphatic heterocycles. The zero-order chi connectivity index (χ0) is 22.7. The molecule has 0 spiro atoms. The average molecular weight is 439 g/mol. The van der Waals surface area contributed by atoms with Crippen LogP contribution >= 0.6 is 0 Å². The highest BCUT2D eigenvalue weighted by Crippen LogP contribution is 2.38. The number of fused-ring (bicyclic) bond motifs is 1. The maximum Gasteiger partial charge on any atom is 0.277 e. The number of nitrogens with one attached hydrogen (secondary N) is 1. The second kappa shape index (κ2) is 9.40. The van der Waals surface area contributed by atoms with Crippen molar-refractivity contribution in [1.29, 1.82) is 0 Å². The van der Waals surface area contributed by atoms with Crippen LogP contribution in [0.15, 0.2) is 41.3 Å². The molecular formula is C23H30N6O3. The highest BCUT2D eigenvalue weighted by molar-refractivity contribution is 5.86. The Balaban J connectivity index is 1.56. The molecule has 0 radical (unpaired) electrons. The van der Waals surface area contributed by atoms with Crippen molar-refractivity contribution in [3.63, 3.8) is 0 Å². The quantitative estimate of drug-likeness (QED) is 0.498. The average Bonchev–Trinajstić information content (AvgIpc) is 3.16. The van der Waals surface area contributed by atoms with E-state index in [0.717, 1.165) is 38.0 Å². The molecule has 0 amide bonds. The molecule has 1 aromatic heterocycles. The summed E-state index contributed by atoms with van der Waals surface area (Å²) in [5.41, 5.74) is 1.29. The van der Waals surface area contributed by atoms with Gasteiger partial charge in [-0.05, 0) is 57.5 Å². The second-order valence-electron chi connectivity index (χ2n) is 8.60. The molecule has 9 heteroatoms. The van der Waals surface area contributed by atoms with Crippen LogP contribution < -0.4 is 5.32 Å². The van der Waals surface area contributed by atoms with Crippen LogP contribution in [0.3, 0.4) is 0 Å². The Labute approximate surface area is 187 Å². The van der Waals surface area contributed by atoms with E-state index < -0.39 is 5.66 Å². The third-order valence-electron chi connectivity index (χ3n) is 5.94. The summed E-state index contributed by atoms with van der Waals surface area (Å²) in [6, 6.07) is 3.29. The van der Waals surface area contributed by atoms with Crippen LogP contribution in [0.25, 0.3) is 10.9 Å². The molecule has 3 heterocycles. The zero-order valence-electron chi connectivity index (χ0n) is 18.8. The van der Waals surface area contributed by atoms with E-state index >= 15 is 0 Å². The monoisotopic (exact) mass is 438 g/mol. The number of hydrogen-bond acceptors (Lipinski definition) is 8. The molecule has 32 heavy (non-hydrogen) atoms. The van der Waals surface area contributed by atoms with Crippen LogP contribution in [0, 0.1) is 10.1 Å². The number of nitrogens with zero attached hydrogens (tertiary/aromatic N) is 5. The molecule has 1 N–H and O–H groups in total. The Hall–Kier alpha value is -2.75. The Morgan fingerprint density at radius 1 is 1.31 bits per heavy atom. The lowest BCUT2D eigenvalue weighted by molar-refractivity contribution is -0.385. The summed E-state index contributed by atoms with van der Waals surface area (Å²) < 4.78 is 5.81. The van der Waals surface area contributed by atoms with E-state index in [-0.39, 0.29) is 22.8 Å². The van der Waals surface area contributed by atoms with Gasteiger partial charge in [-0.1, -0.05) is 6.92 Å². The number of allylic oxidation sites excluding steroid dienone is 1. The second-order valence-corrected chi connectivity index (χ2v) is 8.60. The topological polar surface area (TPSA) is 106 Å². The first-order valence-electron chi connectivity index (χ1n) is 11.2. The number of ether oxygens (including phenoxy) is 1. The van der Waals surface area contributed by atoms with Crippen LogP contribution in [-0.2, 0) is 10.4 Å². The minimum absolute atomic E-state index is 0.0131. The molecule has 2 aliphatic rings. The number of aromatic nitrogens is 2. The predicted octanol–water partition coefficient (Wildman–Crippen LogP) is 3.20. The maximum absolute atomic E-state index is 11.9. The van der Waals surface area contributed by atoms with E-state index in [4.69, 9.17) is 9.73 Å². The number of nitro benzene ring substituents is 1. The summed E-state index contributed by atoms with van der Waals surface area (Å²) in [7, 11) is 0. The van der Waals surface area contributed by atoms with Crippen LogP contribution in [0.2, 0.25) is 0 Å². The summed E-state index contributed by atoms with van der Waals surface area (Å²) in [5, 5.41) is 15.9. The first kappa shape index (κ1) is 22.4. The van der Waals surface area contributed by atoms with E-state index in [1.165, 1.54) is 12.4 Å². The van der Waals surface area contributed by atoms with Gasteiger partial charge in [-0.25, -0.2) is 9.97 Å². The fourth-order valence-corrected chi connectivity index (χ4v) is 4.72. The summed E-state index contributed by atoms with van der Waals surface area (Å²) >= 11 is 0. The minimum atomic E-state index is -0.965. The number of rotatable bonds is 8. The highest BCUT2D eigenvalue weighted by Gasteiger charge is 2.38. The van der Waals surface area contributed by atoms with Gasteiger partial charge >= 0.3 is 0 Å². The van der Waals surface area contributed by atoms with Crippen molar-refractivity contribution < 1.29 is 9.66 Å². The van der Waals surface area contributed by atoms with Crippen LogP contribution in [-0.4, -0.2) is 64.4 Å². The number of nitro groups is 1. The van der Waals surface area contributed by atoms with Crippen LogP contribution in [0.4, 0.5) is 5.69 Å². The number of aliphatic imine (C=N–C) groups is 1. The Morgan fingerprint density at radius 2 is 2.09 bits per heavy atom. The fourth-order valence-electron chi connectivity index (χ4n) is 4.72. The Bertz CT molecular complexity index is 1050. The Morgan fingerprint density at radius 3 is 2.81 bits per heavy atom. The lowest BCUT2D eigenvalue weighted by atomic mass is 9.95. The van der Waals surface area contributed by atoms with Crippen LogP contribution in [0.1, 0.15) is 39.2 Å². The van der Waals surface area contributed by atoms with Crippen molar-refractivity contribution in [2.24, 2.45) is 4.99 Å². The smallest absolute Gasteiger partial charge is 0.277 e. The van der Waals surface area contributed by atoms with E-state index in [9.17, 15) is 10.1 Å². The van der Waals surface area contributed by atoms with Gasteiger partial charge in [0, 0.05) is 37.0 Å².